The van der Waals surface area contributed by atoms with Gasteiger partial charge in [-0.05, 0) is 24.7 Å². The first kappa shape index (κ1) is 9.79. The van der Waals surface area contributed by atoms with Crippen molar-refractivity contribution in [3.63, 3.8) is 0 Å². The van der Waals surface area contributed by atoms with Gasteiger partial charge in [0.25, 0.3) is 0 Å². The van der Waals surface area contributed by atoms with Gasteiger partial charge in [0.1, 0.15) is 5.82 Å². The van der Waals surface area contributed by atoms with Crippen molar-refractivity contribution in [2.45, 2.75) is 13.0 Å². The fourth-order valence-electron chi connectivity index (χ4n) is 1.35. The fourth-order valence-corrected chi connectivity index (χ4v) is 1.35. The summed E-state index contributed by atoms with van der Waals surface area (Å²) in [5, 5.41) is 10.0. The first-order valence-electron chi connectivity index (χ1n) is 4.82. The van der Waals surface area contributed by atoms with Gasteiger partial charge in [0.15, 0.2) is 5.82 Å². The van der Waals surface area contributed by atoms with E-state index in [-0.39, 0.29) is 0 Å². The lowest BCUT2D eigenvalue weighted by molar-refractivity contribution is 0.762. The second kappa shape index (κ2) is 4.65. The van der Waals surface area contributed by atoms with Crippen molar-refractivity contribution < 1.29 is 0 Å². The molecule has 2 aromatic rings. The second-order valence-electron chi connectivity index (χ2n) is 3.26. The van der Waals surface area contributed by atoms with E-state index in [2.05, 4.69) is 25.5 Å². The van der Waals surface area contributed by atoms with E-state index in [1.165, 1.54) is 5.56 Å². The van der Waals surface area contributed by atoms with E-state index in [1.807, 2.05) is 19.2 Å². The van der Waals surface area contributed by atoms with E-state index in [4.69, 9.17) is 0 Å². The Balaban J connectivity index is 2.05. The van der Waals surface area contributed by atoms with Crippen LogP contribution in [0.1, 0.15) is 17.2 Å². The fraction of sp³-hybridized carbons (Fsp3) is 0.300. The maximum Gasteiger partial charge on any atom is 0.164 e. The van der Waals surface area contributed by atoms with E-state index >= 15 is 0 Å². The molecular weight excluding hydrogens is 190 g/mol. The Hall–Kier alpha value is -1.75. The van der Waals surface area contributed by atoms with Gasteiger partial charge in [0, 0.05) is 18.8 Å². The molecule has 0 spiro atoms. The summed E-state index contributed by atoms with van der Waals surface area (Å²) in [6, 6.07) is 3.94. The van der Waals surface area contributed by atoms with Gasteiger partial charge < -0.3 is 5.32 Å². The molecule has 0 fully saturated rings. The Kier molecular flexibility index (Phi) is 3.04. The number of hydrogen-bond donors (Lipinski definition) is 2. The van der Waals surface area contributed by atoms with E-state index in [0.29, 0.717) is 6.54 Å². The zero-order valence-electron chi connectivity index (χ0n) is 8.57. The van der Waals surface area contributed by atoms with Crippen molar-refractivity contribution in [2.75, 3.05) is 7.05 Å². The lowest BCUT2D eigenvalue weighted by Gasteiger charge is -1.95. The molecule has 78 valence electrons. The summed E-state index contributed by atoms with van der Waals surface area (Å²) < 4.78 is 0. The lowest BCUT2D eigenvalue weighted by atomic mass is 10.2. The standard InChI is InChI=1S/C10H13N5/c1-11-7-10-13-9(14-15-10)6-8-2-4-12-5-3-8/h2-5,11H,6-7H2,1H3,(H,13,14,15). The maximum atomic E-state index is 4.35. The number of rotatable bonds is 4. The molecule has 2 N–H and O–H groups in total. The molecule has 0 aromatic carbocycles. The minimum atomic E-state index is 0.687. The molecule has 2 heterocycles. The van der Waals surface area contributed by atoms with Gasteiger partial charge in [-0.3, -0.25) is 10.1 Å². The Morgan fingerprint density at radius 2 is 2.13 bits per heavy atom. The predicted molar refractivity (Wildman–Crippen MR) is 56.2 cm³/mol. The predicted octanol–water partition coefficient (Wildman–Crippen LogP) is 0.510. The first-order chi connectivity index (χ1) is 7.38. The third-order valence-corrected chi connectivity index (χ3v) is 2.03. The molecule has 0 aliphatic rings. The minimum absolute atomic E-state index is 0.687. The average molecular weight is 203 g/mol. The monoisotopic (exact) mass is 203 g/mol. The summed E-state index contributed by atoms with van der Waals surface area (Å²) >= 11 is 0. The van der Waals surface area contributed by atoms with Crippen LogP contribution < -0.4 is 5.32 Å². The van der Waals surface area contributed by atoms with Crippen LogP contribution in [-0.2, 0) is 13.0 Å². The first-order valence-corrected chi connectivity index (χ1v) is 4.82. The van der Waals surface area contributed by atoms with Crippen LogP contribution in [0.2, 0.25) is 0 Å². The molecule has 2 aromatic heterocycles. The van der Waals surface area contributed by atoms with Crippen LogP contribution in [0.15, 0.2) is 24.5 Å². The van der Waals surface area contributed by atoms with Crippen molar-refractivity contribution in [2.24, 2.45) is 0 Å². The Morgan fingerprint density at radius 3 is 2.87 bits per heavy atom. The van der Waals surface area contributed by atoms with Crippen molar-refractivity contribution in [3.8, 4) is 0 Å². The molecule has 0 aliphatic carbocycles. The number of aromatic nitrogens is 4. The van der Waals surface area contributed by atoms with Crippen molar-refractivity contribution in [1.82, 2.24) is 25.5 Å². The van der Waals surface area contributed by atoms with Crippen LogP contribution >= 0.6 is 0 Å². The van der Waals surface area contributed by atoms with Crippen LogP contribution in [0.25, 0.3) is 0 Å². The zero-order valence-corrected chi connectivity index (χ0v) is 8.57. The Labute approximate surface area is 88.0 Å². The van der Waals surface area contributed by atoms with Crippen molar-refractivity contribution in [3.05, 3.63) is 41.7 Å². The number of pyridine rings is 1. The third-order valence-electron chi connectivity index (χ3n) is 2.03. The molecule has 0 bridgehead atoms. The SMILES string of the molecule is CNCc1n[nH]c(Cc2ccncc2)n1. The summed E-state index contributed by atoms with van der Waals surface area (Å²) in [7, 11) is 1.87. The van der Waals surface area contributed by atoms with Gasteiger partial charge in [-0.25, -0.2) is 4.98 Å². The van der Waals surface area contributed by atoms with E-state index in [9.17, 15) is 0 Å². The third kappa shape index (κ3) is 2.60. The molecule has 0 saturated heterocycles. The van der Waals surface area contributed by atoms with Gasteiger partial charge in [-0.2, -0.15) is 5.10 Å². The molecule has 0 unspecified atom stereocenters. The summed E-state index contributed by atoms with van der Waals surface area (Å²) in [5.74, 6) is 1.67. The molecule has 5 heteroatoms. The van der Waals surface area contributed by atoms with Crippen molar-refractivity contribution in [1.29, 1.82) is 0 Å². The summed E-state index contributed by atoms with van der Waals surface area (Å²) in [6.07, 6.45) is 4.32. The molecule has 0 atom stereocenters. The topological polar surface area (TPSA) is 66.5 Å². The van der Waals surface area contributed by atoms with Crippen LogP contribution in [0.3, 0.4) is 0 Å². The van der Waals surface area contributed by atoms with Gasteiger partial charge >= 0.3 is 0 Å². The number of nitrogens with zero attached hydrogens (tertiary/aromatic N) is 3. The Bertz CT molecular complexity index is 409. The Morgan fingerprint density at radius 1 is 1.33 bits per heavy atom. The van der Waals surface area contributed by atoms with Gasteiger partial charge in [-0.15, -0.1) is 0 Å². The quantitative estimate of drug-likeness (QED) is 0.759. The molecule has 0 amide bonds. The molecule has 0 aliphatic heterocycles. The van der Waals surface area contributed by atoms with E-state index < -0.39 is 0 Å². The van der Waals surface area contributed by atoms with Crippen LogP contribution in [0, 0.1) is 0 Å². The van der Waals surface area contributed by atoms with Gasteiger partial charge in [0.05, 0.1) is 6.54 Å². The van der Waals surface area contributed by atoms with Gasteiger partial charge in [0.2, 0.25) is 0 Å². The number of hydrogen-bond acceptors (Lipinski definition) is 4. The van der Waals surface area contributed by atoms with Crippen LogP contribution in [-0.4, -0.2) is 27.2 Å². The smallest absolute Gasteiger partial charge is 0.164 e. The van der Waals surface area contributed by atoms with Crippen molar-refractivity contribution >= 4 is 0 Å². The number of nitrogens with one attached hydrogen (secondary N) is 2. The number of aromatic amines is 1. The minimum Gasteiger partial charge on any atom is -0.313 e. The normalized spacial score (nSPS) is 10.5. The zero-order chi connectivity index (χ0) is 10.5. The molecule has 0 saturated carbocycles. The second-order valence-corrected chi connectivity index (χ2v) is 3.26. The van der Waals surface area contributed by atoms with Crippen LogP contribution in [0.5, 0.6) is 0 Å². The molecule has 15 heavy (non-hydrogen) atoms. The molecular formula is C10H13N5. The average Bonchev–Trinajstić information content (AvgIpc) is 2.68. The lowest BCUT2D eigenvalue weighted by Crippen LogP contribution is -2.06. The maximum absolute atomic E-state index is 4.35. The highest BCUT2D eigenvalue weighted by atomic mass is 15.2. The highest BCUT2D eigenvalue weighted by molar-refractivity contribution is 5.14. The molecule has 2 rings (SSSR count). The molecule has 5 nitrogen and oxygen atoms in total. The van der Waals surface area contributed by atoms with E-state index in [1.54, 1.807) is 12.4 Å². The van der Waals surface area contributed by atoms with E-state index in [0.717, 1.165) is 18.1 Å². The highest BCUT2D eigenvalue weighted by Crippen LogP contribution is 2.03. The summed E-state index contributed by atoms with van der Waals surface area (Å²) in [6.45, 7) is 0.687. The highest BCUT2D eigenvalue weighted by Gasteiger charge is 2.02. The van der Waals surface area contributed by atoms with Crippen LogP contribution in [0.4, 0.5) is 0 Å². The molecule has 0 radical (unpaired) electrons. The summed E-state index contributed by atoms with van der Waals surface area (Å²) in [5.41, 5.74) is 1.18. The number of H-pyrrole nitrogens is 1. The largest absolute Gasteiger partial charge is 0.313 e. The van der Waals surface area contributed by atoms with Gasteiger partial charge in [-0.1, -0.05) is 0 Å². The summed E-state index contributed by atoms with van der Waals surface area (Å²) in [4.78, 5) is 8.31.